The zero-order valence-electron chi connectivity index (χ0n) is 41.7. The summed E-state index contributed by atoms with van der Waals surface area (Å²) in [5.74, 6) is 4.11. The molecule has 63 heavy (non-hydrogen) atoms. The molecule has 0 radical (unpaired) electrons. The van der Waals surface area contributed by atoms with Crippen LogP contribution in [0, 0.1) is 29.1 Å². The molecular weight excluding hydrogens is 775 g/mol. The van der Waals surface area contributed by atoms with E-state index in [0.29, 0.717) is 25.0 Å². The minimum atomic E-state index is -0.0609. The molecule has 5 heteroatoms. The van der Waals surface area contributed by atoms with Crippen LogP contribution in [0.5, 0.6) is 0 Å². The van der Waals surface area contributed by atoms with E-state index in [-0.39, 0.29) is 18.7 Å². The molecular formula is C58H97NO4. The average Bonchev–Trinajstić information content (AvgIpc) is 3.62. The van der Waals surface area contributed by atoms with Gasteiger partial charge in [0.25, 0.3) is 0 Å². The van der Waals surface area contributed by atoms with Gasteiger partial charge >= 0.3 is 5.97 Å². The van der Waals surface area contributed by atoms with Gasteiger partial charge in [-0.3, -0.25) is 4.79 Å². The number of carbonyl (C=O) groups is 1. The quantitative estimate of drug-likeness (QED) is 0.0302. The summed E-state index contributed by atoms with van der Waals surface area (Å²) in [6, 6.07) is 0. The number of carbonyl (C=O) groups excluding carboxylic acids is 1. The summed E-state index contributed by atoms with van der Waals surface area (Å²) in [6.45, 7) is 24.1. The van der Waals surface area contributed by atoms with Crippen molar-refractivity contribution in [2.75, 3.05) is 32.8 Å². The van der Waals surface area contributed by atoms with Crippen LogP contribution in [-0.4, -0.2) is 54.9 Å². The fourth-order valence-corrected chi connectivity index (χ4v) is 10.9. The van der Waals surface area contributed by atoms with Crippen molar-refractivity contribution in [3.63, 3.8) is 0 Å². The summed E-state index contributed by atoms with van der Waals surface area (Å²) in [7, 11) is 0. The normalized spacial score (nSPS) is 23.6. The van der Waals surface area contributed by atoms with Crippen LogP contribution in [0.25, 0.3) is 0 Å². The summed E-state index contributed by atoms with van der Waals surface area (Å²) in [5, 5.41) is 9.66. The van der Waals surface area contributed by atoms with E-state index in [0.717, 1.165) is 139 Å². The molecule has 0 bridgehead atoms. The highest BCUT2D eigenvalue weighted by atomic mass is 16.5. The lowest BCUT2D eigenvalue weighted by Crippen LogP contribution is -2.36. The second-order valence-electron chi connectivity index (χ2n) is 20.4. The van der Waals surface area contributed by atoms with Gasteiger partial charge in [-0.1, -0.05) is 152 Å². The second-order valence-corrected chi connectivity index (χ2v) is 20.4. The van der Waals surface area contributed by atoms with Crippen molar-refractivity contribution < 1.29 is 19.4 Å². The summed E-state index contributed by atoms with van der Waals surface area (Å²) >= 11 is 0. The number of unbranched alkanes of at least 4 members (excludes halogenated alkanes) is 8. The van der Waals surface area contributed by atoms with E-state index >= 15 is 0 Å². The maximum absolute atomic E-state index is 12.2. The largest absolute Gasteiger partial charge is 0.495 e. The topological polar surface area (TPSA) is 59.0 Å². The number of fused-ring (bicyclic) bond motifs is 1. The summed E-state index contributed by atoms with van der Waals surface area (Å²) in [6.07, 6.45) is 48.9. The third-order valence-electron chi connectivity index (χ3n) is 14.7. The van der Waals surface area contributed by atoms with Gasteiger partial charge in [0.05, 0.1) is 19.0 Å². The molecule has 0 amide bonds. The first kappa shape index (κ1) is 54.7. The first-order valence-corrected chi connectivity index (χ1v) is 26.4. The molecule has 3 aliphatic rings. The molecule has 3 saturated carbocycles. The fraction of sp³-hybridized carbons (Fsp3) is 0.741. The maximum Gasteiger partial charge on any atom is 0.305 e. The van der Waals surface area contributed by atoms with E-state index in [9.17, 15) is 9.90 Å². The van der Waals surface area contributed by atoms with E-state index < -0.39 is 0 Å². The van der Waals surface area contributed by atoms with Crippen LogP contribution < -0.4 is 0 Å². The SMILES string of the molecule is C=C(CCCCCN(CCO)CCCCOC(=O)CCCCCCC/C=C/C/C=C/C/C=C/CC)OC1CCC(=C)/C(=C\C=C2/CCCC3(C)C2CCC3C(C)CCCC(C)C)C1. The molecule has 358 valence electrons. The van der Waals surface area contributed by atoms with Gasteiger partial charge in [-0.05, 0) is 157 Å². The maximum atomic E-state index is 12.2. The number of rotatable bonds is 34. The number of allylic oxidation sites excluding steroid dienone is 11. The number of hydrogen-bond acceptors (Lipinski definition) is 5. The van der Waals surface area contributed by atoms with Crippen LogP contribution in [0.15, 0.2) is 84.2 Å². The van der Waals surface area contributed by atoms with Crippen molar-refractivity contribution in [3.8, 4) is 0 Å². The van der Waals surface area contributed by atoms with Gasteiger partial charge in [0.2, 0.25) is 0 Å². The lowest BCUT2D eigenvalue weighted by molar-refractivity contribution is -0.143. The van der Waals surface area contributed by atoms with Crippen molar-refractivity contribution in [1.82, 2.24) is 4.90 Å². The number of hydrogen-bond donors (Lipinski definition) is 1. The Hall–Kier alpha value is -2.63. The molecule has 3 rings (SSSR count). The molecule has 0 spiro atoms. The van der Waals surface area contributed by atoms with Gasteiger partial charge in [0.15, 0.2) is 0 Å². The van der Waals surface area contributed by atoms with Crippen molar-refractivity contribution in [2.45, 2.75) is 214 Å². The van der Waals surface area contributed by atoms with Gasteiger partial charge in [-0.2, -0.15) is 0 Å². The van der Waals surface area contributed by atoms with E-state index in [1.165, 1.54) is 81.8 Å². The van der Waals surface area contributed by atoms with E-state index in [4.69, 9.17) is 9.47 Å². The van der Waals surface area contributed by atoms with Gasteiger partial charge in [-0.15, -0.1) is 0 Å². The van der Waals surface area contributed by atoms with Crippen molar-refractivity contribution in [2.24, 2.45) is 29.1 Å². The van der Waals surface area contributed by atoms with Crippen LogP contribution in [0.2, 0.25) is 0 Å². The smallest absolute Gasteiger partial charge is 0.305 e. The Labute approximate surface area is 389 Å². The monoisotopic (exact) mass is 872 g/mol. The van der Waals surface area contributed by atoms with Crippen molar-refractivity contribution >= 4 is 5.97 Å². The van der Waals surface area contributed by atoms with Crippen LogP contribution in [0.3, 0.4) is 0 Å². The molecule has 0 saturated heterocycles. The van der Waals surface area contributed by atoms with Gasteiger partial charge in [-0.25, -0.2) is 0 Å². The molecule has 5 unspecified atom stereocenters. The Balaban J connectivity index is 1.23. The Morgan fingerprint density at radius 3 is 2.27 bits per heavy atom. The molecule has 0 heterocycles. The predicted molar refractivity (Wildman–Crippen MR) is 271 cm³/mol. The van der Waals surface area contributed by atoms with Gasteiger partial charge < -0.3 is 19.5 Å². The average molecular weight is 872 g/mol. The molecule has 5 nitrogen and oxygen atoms in total. The number of aliphatic hydroxyl groups is 1. The zero-order chi connectivity index (χ0) is 45.5. The summed E-state index contributed by atoms with van der Waals surface area (Å²) < 4.78 is 12.0. The molecule has 0 aromatic carbocycles. The standard InChI is InChI=1S/C58H97NO4/c1-8-9-10-11-12-13-14-15-16-17-18-19-20-21-24-34-57(61)62-46-27-26-43-59(44-45-60)42-25-22-23-32-51(6)63-54-38-35-49(4)53(47-54)37-36-52-33-29-41-58(7)55(39-40-56(52)58)50(5)31-28-30-48(2)3/h9-10,12-13,15-16,36-37,48,50,54-56,60H,4,6,8,11,14,17-35,38-47H2,1-3,5,7H3/b10-9+,13-12+,16-15+,52-36+,53-37-. The van der Waals surface area contributed by atoms with Crippen LogP contribution >= 0.6 is 0 Å². The fourth-order valence-electron chi connectivity index (χ4n) is 10.9. The highest BCUT2D eigenvalue weighted by Gasteiger charge is 2.50. The third-order valence-corrected chi connectivity index (χ3v) is 14.7. The summed E-state index contributed by atoms with van der Waals surface area (Å²) in [5.41, 5.74) is 4.83. The Morgan fingerprint density at radius 2 is 1.51 bits per heavy atom. The highest BCUT2D eigenvalue weighted by molar-refractivity contribution is 5.69. The molecule has 0 aromatic rings. The molecule has 5 atom stereocenters. The molecule has 1 N–H and O–H groups in total. The zero-order valence-corrected chi connectivity index (χ0v) is 41.7. The third kappa shape index (κ3) is 22.4. The highest BCUT2D eigenvalue weighted by Crippen LogP contribution is 2.60. The minimum absolute atomic E-state index is 0.0609. The Morgan fingerprint density at radius 1 is 0.810 bits per heavy atom. The molecule has 0 aromatic heterocycles. The number of ether oxygens (including phenoxy) is 2. The number of nitrogens with zero attached hydrogens (tertiary/aromatic N) is 1. The van der Waals surface area contributed by atoms with Crippen LogP contribution in [0.4, 0.5) is 0 Å². The number of esters is 1. The van der Waals surface area contributed by atoms with Crippen molar-refractivity contribution in [1.29, 1.82) is 0 Å². The Bertz CT molecular complexity index is 1430. The second kappa shape index (κ2) is 32.9. The van der Waals surface area contributed by atoms with Crippen LogP contribution in [-0.2, 0) is 14.3 Å². The van der Waals surface area contributed by atoms with Crippen LogP contribution in [0.1, 0.15) is 208 Å². The minimum Gasteiger partial charge on any atom is -0.495 e. The van der Waals surface area contributed by atoms with E-state index in [1.807, 2.05) is 0 Å². The van der Waals surface area contributed by atoms with E-state index in [2.05, 4.69) is 101 Å². The number of aliphatic hydroxyl groups excluding tert-OH is 1. The lowest BCUT2D eigenvalue weighted by Gasteiger charge is -2.44. The predicted octanol–water partition coefficient (Wildman–Crippen LogP) is 15.9. The molecule has 0 aliphatic heterocycles. The van der Waals surface area contributed by atoms with Crippen molar-refractivity contribution in [3.05, 3.63) is 84.2 Å². The lowest BCUT2D eigenvalue weighted by atomic mass is 9.60. The first-order valence-electron chi connectivity index (χ1n) is 26.4. The Kier molecular flexibility index (Phi) is 28.6. The first-order chi connectivity index (χ1) is 30.6. The van der Waals surface area contributed by atoms with Gasteiger partial charge in [0, 0.05) is 25.8 Å². The van der Waals surface area contributed by atoms with E-state index in [1.54, 1.807) is 5.57 Å². The molecule has 3 fully saturated rings. The summed E-state index contributed by atoms with van der Waals surface area (Å²) in [4.78, 5) is 14.6. The molecule has 3 aliphatic carbocycles. The van der Waals surface area contributed by atoms with Gasteiger partial charge in [0.1, 0.15) is 6.10 Å².